The van der Waals surface area contributed by atoms with Crippen LogP contribution >= 0.6 is 15.9 Å². The molecule has 3 nitrogen and oxygen atoms in total. The van der Waals surface area contributed by atoms with E-state index in [1.54, 1.807) is 0 Å². The number of hydrogen-bond donors (Lipinski definition) is 0. The standard InChI is InChI=1S/C16H25BrN2O/c1-4-14-16(17)15(19(5-2)18-14)11-20-10-13-9-7-6-8-12(13)3/h6-7,12-13H,4-5,8-11H2,1-3H3. The molecule has 0 aliphatic heterocycles. The molecule has 0 spiro atoms. The van der Waals surface area contributed by atoms with Crippen molar-refractivity contribution in [3.8, 4) is 0 Å². The third-order valence-electron chi connectivity index (χ3n) is 4.18. The van der Waals surface area contributed by atoms with Crippen LogP contribution in [0.1, 0.15) is 45.0 Å². The number of ether oxygens (including phenoxy) is 1. The van der Waals surface area contributed by atoms with Crippen LogP contribution in [0.25, 0.3) is 0 Å². The second kappa shape index (κ2) is 7.41. The smallest absolute Gasteiger partial charge is 0.0896 e. The molecule has 2 unspecified atom stereocenters. The predicted molar refractivity (Wildman–Crippen MR) is 85.7 cm³/mol. The van der Waals surface area contributed by atoms with Crippen LogP contribution in [-0.2, 0) is 24.3 Å². The minimum absolute atomic E-state index is 0.647. The zero-order valence-electron chi connectivity index (χ0n) is 12.7. The lowest BCUT2D eigenvalue weighted by atomic mass is 9.85. The summed E-state index contributed by atoms with van der Waals surface area (Å²) in [6.45, 7) is 8.95. The van der Waals surface area contributed by atoms with E-state index in [1.165, 1.54) is 12.1 Å². The molecule has 2 rings (SSSR count). The maximum atomic E-state index is 5.99. The van der Waals surface area contributed by atoms with Crippen molar-refractivity contribution in [2.24, 2.45) is 11.8 Å². The quantitative estimate of drug-likeness (QED) is 0.720. The third kappa shape index (κ3) is 3.53. The summed E-state index contributed by atoms with van der Waals surface area (Å²) in [6, 6.07) is 0. The Morgan fingerprint density at radius 3 is 2.75 bits per heavy atom. The molecule has 112 valence electrons. The van der Waals surface area contributed by atoms with Crippen LogP contribution in [0.5, 0.6) is 0 Å². The first-order valence-electron chi connectivity index (χ1n) is 7.64. The molecule has 0 fully saturated rings. The molecule has 0 saturated carbocycles. The van der Waals surface area contributed by atoms with E-state index in [0.29, 0.717) is 12.5 Å². The van der Waals surface area contributed by atoms with Crippen LogP contribution in [0.4, 0.5) is 0 Å². The average Bonchev–Trinajstić information content (AvgIpc) is 2.77. The van der Waals surface area contributed by atoms with Crippen molar-refractivity contribution < 1.29 is 4.74 Å². The molecule has 20 heavy (non-hydrogen) atoms. The minimum atomic E-state index is 0.647. The Morgan fingerprint density at radius 2 is 2.10 bits per heavy atom. The van der Waals surface area contributed by atoms with Gasteiger partial charge >= 0.3 is 0 Å². The number of aryl methyl sites for hydroxylation is 2. The van der Waals surface area contributed by atoms with Gasteiger partial charge in [0.2, 0.25) is 0 Å². The highest BCUT2D eigenvalue weighted by molar-refractivity contribution is 9.10. The largest absolute Gasteiger partial charge is 0.375 e. The van der Waals surface area contributed by atoms with Crippen molar-refractivity contribution in [3.63, 3.8) is 0 Å². The number of hydrogen-bond acceptors (Lipinski definition) is 2. The van der Waals surface area contributed by atoms with Gasteiger partial charge in [-0.2, -0.15) is 5.10 Å². The van der Waals surface area contributed by atoms with Gasteiger partial charge < -0.3 is 4.74 Å². The van der Waals surface area contributed by atoms with E-state index < -0.39 is 0 Å². The maximum absolute atomic E-state index is 5.99. The normalized spacial score (nSPS) is 22.4. The number of halogens is 1. The van der Waals surface area contributed by atoms with Gasteiger partial charge in [-0.05, 0) is 54.0 Å². The first-order chi connectivity index (χ1) is 9.67. The lowest BCUT2D eigenvalue weighted by Gasteiger charge is -2.25. The van der Waals surface area contributed by atoms with Gasteiger partial charge in [-0.25, -0.2) is 0 Å². The van der Waals surface area contributed by atoms with Crippen LogP contribution in [0, 0.1) is 11.8 Å². The maximum Gasteiger partial charge on any atom is 0.0896 e. The number of nitrogens with zero attached hydrogens (tertiary/aromatic N) is 2. The molecule has 0 N–H and O–H groups in total. The zero-order valence-corrected chi connectivity index (χ0v) is 14.3. The molecule has 0 amide bonds. The van der Waals surface area contributed by atoms with E-state index in [-0.39, 0.29) is 0 Å². The molecule has 1 heterocycles. The van der Waals surface area contributed by atoms with Gasteiger partial charge in [0.25, 0.3) is 0 Å². The van der Waals surface area contributed by atoms with Crippen molar-refractivity contribution >= 4 is 15.9 Å². The fraction of sp³-hybridized carbons (Fsp3) is 0.688. The van der Waals surface area contributed by atoms with E-state index in [0.717, 1.165) is 42.1 Å². The summed E-state index contributed by atoms with van der Waals surface area (Å²) in [7, 11) is 0. The van der Waals surface area contributed by atoms with E-state index in [9.17, 15) is 0 Å². The first-order valence-corrected chi connectivity index (χ1v) is 8.43. The molecule has 0 bridgehead atoms. The SMILES string of the molecule is CCc1nn(CC)c(COCC2CC=CCC2C)c1Br. The molecule has 1 aliphatic rings. The summed E-state index contributed by atoms with van der Waals surface area (Å²) in [5.41, 5.74) is 2.29. The summed E-state index contributed by atoms with van der Waals surface area (Å²) < 4.78 is 9.16. The van der Waals surface area contributed by atoms with E-state index in [4.69, 9.17) is 4.74 Å². The summed E-state index contributed by atoms with van der Waals surface area (Å²) in [6.07, 6.45) is 7.86. The molecule has 0 saturated heterocycles. The Labute approximate surface area is 130 Å². The Hall–Kier alpha value is -0.610. The molecule has 4 heteroatoms. The first kappa shape index (κ1) is 15.8. The topological polar surface area (TPSA) is 27.1 Å². The van der Waals surface area contributed by atoms with Gasteiger partial charge in [0, 0.05) is 6.54 Å². The van der Waals surface area contributed by atoms with Crippen LogP contribution in [0.3, 0.4) is 0 Å². The minimum Gasteiger partial charge on any atom is -0.375 e. The lowest BCUT2D eigenvalue weighted by Crippen LogP contribution is -2.20. The Bertz CT molecular complexity index is 467. The van der Waals surface area contributed by atoms with Crippen molar-refractivity contribution in [1.82, 2.24) is 9.78 Å². The molecule has 0 aromatic carbocycles. The van der Waals surface area contributed by atoms with Gasteiger partial charge in [0.05, 0.1) is 29.1 Å². The highest BCUT2D eigenvalue weighted by atomic mass is 79.9. The van der Waals surface area contributed by atoms with Crippen molar-refractivity contribution in [2.75, 3.05) is 6.61 Å². The molecule has 1 aromatic heterocycles. The zero-order chi connectivity index (χ0) is 14.5. The van der Waals surface area contributed by atoms with Crippen LogP contribution in [0.15, 0.2) is 16.6 Å². The van der Waals surface area contributed by atoms with Crippen molar-refractivity contribution in [1.29, 1.82) is 0 Å². The monoisotopic (exact) mass is 340 g/mol. The number of rotatable bonds is 6. The molecule has 1 aliphatic carbocycles. The summed E-state index contributed by atoms with van der Waals surface area (Å²) in [5.74, 6) is 1.38. The van der Waals surface area contributed by atoms with Gasteiger partial charge in [-0.3, -0.25) is 4.68 Å². The predicted octanol–water partition coefficient (Wildman–Crippen LogP) is 4.35. The molecule has 0 radical (unpaired) electrons. The second-order valence-electron chi connectivity index (χ2n) is 5.57. The van der Waals surface area contributed by atoms with E-state index in [2.05, 4.69) is 54.0 Å². The van der Waals surface area contributed by atoms with Gasteiger partial charge in [0.15, 0.2) is 0 Å². The Morgan fingerprint density at radius 1 is 1.35 bits per heavy atom. The van der Waals surface area contributed by atoms with Gasteiger partial charge in [-0.1, -0.05) is 26.0 Å². The number of allylic oxidation sites excluding steroid dienone is 2. The summed E-state index contributed by atoms with van der Waals surface area (Å²) in [4.78, 5) is 0. The van der Waals surface area contributed by atoms with Crippen molar-refractivity contribution in [3.05, 3.63) is 28.0 Å². The lowest BCUT2D eigenvalue weighted by molar-refractivity contribution is 0.0638. The average molecular weight is 341 g/mol. The van der Waals surface area contributed by atoms with Crippen LogP contribution < -0.4 is 0 Å². The van der Waals surface area contributed by atoms with E-state index >= 15 is 0 Å². The molecule has 2 atom stereocenters. The molecule has 1 aromatic rings. The fourth-order valence-electron chi connectivity index (χ4n) is 2.70. The Balaban J connectivity index is 1.93. The second-order valence-corrected chi connectivity index (χ2v) is 6.36. The van der Waals surface area contributed by atoms with Crippen molar-refractivity contribution in [2.45, 2.75) is 53.2 Å². The van der Waals surface area contributed by atoms with Crippen LogP contribution in [0.2, 0.25) is 0 Å². The Kier molecular flexibility index (Phi) is 5.85. The van der Waals surface area contributed by atoms with Crippen LogP contribution in [-0.4, -0.2) is 16.4 Å². The van der Waals surface area contributed by atoms with Gasteiger partial charge in [0.1, 0.15) is 0 Å². The highest BCUT2D eigenvalue weighted by Gasteiger charge is 2.19. The fourth-order valence-corrected chi connectivity index (χ4v) is 3.38. The summed E-state index contributed by atoms with van der Waals surface area (Å²) >= 11 is 3.67. The molecular formula is C16H25BrN2O. The highest BCUT2D eigenvalue weighted by Crippen LogP contribution is 2.27. The number of aromatic nitrogens is 2. The van der Waals surface area contributed by atoms with E-state index in [1.807, 2.05) is 4.68 Å². The van der Waals surface area contributed by atoms with Gasteiger partial charge in [-0.15, -0.1) is 0 Å². The third-order valence-corrected chi connectivity index (χ3v) is 5.10. The summed E-state index contributed by atoms with van der Waals surface area (Å²) in [5, 5.41) is 4.61. The molecular weight excluding hydrogens is 316 g/mol.